The Morgan fingerprint density at radius 3 is 2.17 bits per heavy atom. The molecule has 0 radical (unpaired) electrons. The van der Waals surface area contributed by atoms with Gasteiger partial charge in [0.1, 0.15) is 11.0 Å². The van der Waals surface area contributed by atoms with Crippen molar-refractivity contribution in [3.63, 3.8) is 0 Å². The summed E-state index contributed by atoms with van der Waals surface area (Å²) in [7, 11) is 0. The largest absolute Gasteiger partial charge is 0.481 e. The monoisotopic (exact) mass is 564 g/mol. The maximum Gasteiger partial charge on any atom is 0.262 e. The number of rotatable bonds is 8. The van der Waals surface area contributed by atoms with E-state index >= 15 is 0 Å². The van der Waals surface area contributed by atoms with Gasteiger partial charge in [0, 0.05) is 5.02 Å². The number of unbranched alkanes of at least 4 members (excludes halogenated alkanes) is 1. The third-order valence-corrected chi connectivity index (χ3v) is 7.58. The summed E-state index contributed by atoms with van der Waals surface area (Å²) >= 11 is 25.3. The van der Waals surface area contributed by atoms with Gasteiger partial charge in [-0.05, 0) is 67.6 Å². The van der Waals surface area contributed by atoms with Crippen LogP contribution in [0, 0.1) is 13.8 Å². The van der Waals surface area contributed by atoms with Crippen LogP contribution in [-0.4, -0.2) is 27.5 Å². The number of carbonyl (C=O) groups excluding carboxylic acids is 1. The Bertz CT molecular complexity index is 1410. The number of aryl methyl sites for hydroxylation is 1. The molecule has 0 unspecified atom stereocenters. The number of anilines is 1. The predicted octanol–water partition coefficient (Wildman–Crippen LogP) is 8.01. The standard InChI is InChI=1S/C26H24Cl4N4O2/c1-4-5-6-16-7-9-17(10-8-16)34-32-20-11-18(27)19(12-21(20)33-34)31-22(35)13-36-26-24(29)14(2)23(28)15(3)25(26)30/h7-12H,4-6,13H2,1-3H3,(H,31,35). The number of ether oxygens (including phenoxy) is 1. The zero-order valence-electron chi connectivity index (χ0n) is 20.0. The van der Waals surface area contributed by atoms with Crippen LogP contribution in [0.25, 0.3) is 16.7 Å². The molecular formula is C26H24Cl4N4O2. The third kappa shape index (κ3) is 5.57. The maximum absolute atomic E-state index is 12.6. The highest BCUT2D eigenvalue weighted by atomic mass is 35.5. The van der Waals surface area contributed by atoms with E-state index in [9.17, 15) is 4.79 Å². The topological polar surface area (TPSA) is 69.0 Å². The van der Waals surface area contributed by atoms with Crippen molar-refractivity contribution in [3.05, 3.63) is 73.2 Å². The fourth-order valence-electron chi connectivity index (χ4n) is 3.69. The summed E-state index contributed by atoms with van der Waals surface area (Å²) in [5.41, 5.74) is 4.95. The summed E-state index contributed by atoms with van der Waals surface area (Å²) in [6.07, 6.45) is 3.35. The Balaban J connectivity index is 1.49. The van der Waals surface area contributed by atoms with Crippen LogP contribution in [0.2, 0.25) is 20.1 Å². The summed E-state index contributed by atoms with van der Waals surface area (Å²) in [6, 6.07) is 11.5. The van der Waals surface area contributed by atoms with Crippen molar-refractivity contribution in [3.8, 4) is 11.4 Å². The molecule has 0 aliphatic rings. The molecule has 0 bridgehead atoms. The molecule has 0 fully saturated rings. The van der Waals surface area contributed by atoms with Gasteiger partial charge in [-0.15, -0.1) is 10.2 Å². The molecule has 1 aromatic heterocycles. The lowest BCUT2D eigenvalue weighted by Crippen LogP contribution is -2.20. The van der Waals surface area contributed by atoms with Gasteiger partial charge in [0.15, 0.2) is 12.4 Å². The normalized spacial score (nSPS) is 11.2. The Hall–Kier alpha value is -2.51. The van der Waals surface area contributed by atoms with Crippen molar-refractivity contribution >= 4 is 69.0 Å². The number of halogens is 4. The molecule has 10 heteroatoms. The molecule has 6 nitrogen and oxygen atoms in total. The van der Waals surface area contributed by atoms with E-state index in [2.05, 4.69) is 34.6 Å². The highest BCUT2D eigenvalue weighted by Crippen LogP contribution is 2.42. The smallest absolute Gasteiger partial charge is 0.262 e. The van der Waals surface area contributed by atoms with Crippen molar-refractivity contribution in [2.45, 2.75) is 40.0 Å². The second-order valence-electron chi connectivity index (χ2n) is 8.44. The number of benzene rings is 3. The number of fused-ring (bicyclic) bond motifs is 1. The zero-order valence-corrected chi connectivity index (χ0v) is 23.0. The number of hydrogen-bond donors (Lipinski definition) is 1. The molecule has 36 heavy (non-hydrogen) atoms. The number of nitrogens with one attached hydrogen (secondary N) is 1. The van der Waals surface area contributed by atoms with E-state index < -0.39 is 5.91 Å². The number of carbonyl (C=O) groups is 1. The van der Waals surface area contributed by atoms with E-state index in [-0.39, 0.29) is 22.4 Å². The van der Waals surface area contributed by atoms with Gasteiger partial charge >= 0.3 is 0 Å². The van der Waals surface area contributed by atoms with Gasteiger partial charge in [-0.1, -0.05) is 71.9 Å². The van der Waals surface area contributed by atoms with Gasteiger partial charge in [-0.25, -0.2) is 0 Å². The second-order valence-corrected chi connectivity index (χ2v) is 9.98. The van der Waals surface area contributed by atoms with Gasteiger partial charge < -0.3 is 10.1 Å². The third-order valence-electron chi connectivity index (χ3n) is 5.79. The van der Waals surface area contributed by atoms with Crippen molar-refractivity contribution in [2.75, 3.05) is 11.9 Å². The second kappa shape index (κ2) is 11.3. The highest BCUT2D eigenvalue weighted by molar-refractivity contribution is 6.42. The summed E-state index contributed by atoms with van der Waals surface area (Å²) < 4.78 is 5.63. The number of amides is 1. The lowest BCUT2D eigenvalue weighted by atomic mass is 10.1. The van der Waals surface area contributed by atoms with Crippen LogP contribution in [0.5, 0.6) is 5.75 Å². The van der Waals surface area contributed by atoms with Crippen LogP contribution in [0.4, 0.5) is 5.69 Å². The summed E-state index contributed by atoms with van der Waals surface area (Å²) in [4.78, 5) is 14.2. The molecule has 4 aromatic rings. The highest BCUT2D eigenvalue weighted by Gasteiger charge is 2.19. The van der Waals surface area contributed by atoms with Crippen LogP contribution in [0.15, 0.2) is 36.4 Å². The Morgan fingerprint density at radius 1 is 0.944 bits per heavy atom. The van der Waals surface area contributed by atoms with Gasteiger partial charge in [0.05, 0.1) is 26.4 Å². The van der Waals surface area contributed by atoms with Crippen LogP contribution in [0.1, 0.15) is 36.5 Å². The molecule has 3 aromatic carbocycles. The Morgan fingerprint density at radius 2 is 1.56 bits per heavy atom. The van der Waals surface area contributed by atoms with E-state index in [1.807, 2.05) is 12.1 Å². The van der Waals surface area contributed by atoms with E-state index in [4.69, 9.17) is 51.1 Å². The minimum atomic E-state index is -0.441. The van der Waals surface area contributed by atoms with Crippen molar-refractivity contribution in [1.29, 1.82) is 0 Å². The average Bonchev–Trinajstić information content (AvgIpc) is 3.28. The van der Waals surface area contributed by atoms with Crippen LogP contribution >= 0.6 is 46.4 Å². The van der Waals surface area contributed by atoms with Crippen LogP contribution in [0.3, 0.4) is 0 Å². The summed E-state index contributed by atoms with van der Waals surface area (Å²) in [5.74, 6) is -0.234. The fraction of sp³-hybridized carbons (Fsp3) is 0.269. The molecule has 0 aliphatic heterocycles. The molecule has 0 aliphatic carbocycles. The summed E-state index contributed by atoms with van der Waals surface area (Å²) in [6.45, 7) is 5.36. The van der Waals surface area contributed by atoms with Crippen LogP contribution < -0.4 is 10.1 Å². The molecule has 0 saturated heterocycles. The molecule has 188 valence electrons. The fourth-order valence-corrected chi connectivity index (χ4v) is 4.71. The molecule has 1 amide bonds. The molecule has 0 saturated carbocycles. The molecule has 1 heterocycles. The van der Waals surface area contributed by atoms with Crippen molar-refractivity contribution in [2.24, 2.45) is 0 Å². The first-order valence-electron chi connectivity index (χ1n) is 11.4. The van der Waals surface area contributed by atoms with Gasteiger partial charge in [-0.3, -0.25) is 4.79 Å². The first kappa shape index (κ1) is 26.6. The number of aromatic nitrogens is 3. The van der Waals surface area contributed by atoms with E-state index in [1.165, 1.54) is 5.56 Å². The predicted molar refractivity (Wildman–Crippen MR) is 148 cm³/mol. The lowest BCUT2D eigenvalue weighted by molar-refractivity contribution is -0.118. The molecule has 0 atom stereocenters. The quantitative estimate of drug-likeness (QED) is 0.235. The molecule has 4 rings (SSSR count). The minimum Gasteiger partial charge on any atom is -0.481 e. The Kier molecular flexibility index (Phi) is 8.30. The Labute approximate surface area is 229 Å². The SMILES string of the molecule is CCCCc1ccc(-n2nc3cc(Cl)c(NC(=O)COc4c(Cl)c(C)c(Cl)c(C)c4Cl)cc3n2)cc1. The van der Waals surface area contributed by atoms with Gasteiger partial charge in [-0.2, -0.15) is 4.80 Å². The van der Waals surface area contributed by atoms with E-state index in [1.54, 1.807) is 30.8 Å². The van der Waals surface area contributed by atoms with Crippen molar-refractivity contribution < 1.29 is 9.53 Å². The first-order valence-corrected chi connectivity index (χ1v) is 12.9. The van der Waals surface area contributed by atoms with E-state index in [0.29, 0.717) is 37.9 Å². The molecular weight excluding hydrogens is 542 g/mol. The van der Waals surface area contributed by atoms with Crippen LogP contribution in [-0.2, 0) is 11.2 Å². The van der Waals surface area contributed by atoms with E-state index in [0.717, 1.165) is 24.9 Å². The maximum atomic E-state index is 12.6. The first-order chi connectivity index (χ1) is 17.2. The number of nitrogens with zero attached hydrogens (tertiary/aromatic N) is 3. The molecule has 0 spiro atoms. The minimum absolute atomic E-state index is 0.207. The molecule has 1 N–H and O–H groups in total. The summed E-state index contributed by atoms with van der Waals surface area (Å²) in [5, 5.41) is 13.1. The van der Waals surface area contributed by atoms with Crippen molar-refractivity contribution in [1.82, 2.24) is 15.0 Å². The van der Waals surface area contributed by atoms with Gasteiger partial charge in [0.2, 0.25) is 0 Å². The number of hydrogen-bond acceptors (Lipinski definition) is 4. The lowest BCUT2D eigenvalue weighted by Gasteiger charge is -2.15. The average molecular weight is 566 g/mol. The zero-order chi connectivity index (χ0) is 26.0. The van der Waals surface area contributed by atoms with Gasteiger partial charge in [0.25, 0.3) is 5.91 Å².